The van der Waals surface area contributed by atoms with Crippen molar-refractivity contribution in [2.24, 2.45) is 4.99 Å². The summed E-state index contributed by atoms with van der Waals surface area (Å²) in [6, 6.07) is 11.0. The minimum absolute atomic E-state index is 0.403. The molecule has 1 heterocycles. The molecular formula is C19H29N5S. The number of hydrogen-bond acceptors (Lipinski definition) is 4. The second-order valence-corrected chi connectivity index (χ2v) is 7.56. The Morgan fingerprint density at radius 3 is 2.68 bits per heavy atom. The van der Waals surface area contributed by atoms with E-state index in [1.807, 2.05) is 6.20 Å². The Labute approximate surface area is 155 Å². The van der Waals surface area contributed by atoms with Crippen molar-refractivity contribution in [3.05, 3.63) is 52.0 Å². The van der Waals surface area contributed by atoms with Gasteiger partial charge in [-0.25, -0.2) is 4.98 Å². The predicted molar refractivity (Wildman–Crippen MR) is 107 cm³/mol. The van der Waals surface area contributed by atoms with Gasteiger partial charge in [-0.15, -0.1) is 11.3 Å². The van der Waals surface area contributed by atoms with Crippen molar-refractivity contribution in [2.45, 2.75) is 32.9 Å². The second kappa shape index (κ2) is 10.2. The van der Waals surface area contributed by atoms with Crippen LogP contribution in [0.1, 0.15) is 22.4 Å². The summed E-state index contributed by atoms with van der Waals surface area (Å²) in [4.78, 5) is 12.3. The largest absolute Gasteiger partial charge is 0.356 e. The molecule has 0 aliphatic rings. The normalized spacial score (nSPS) is 13.1. The number of likely N-dealkylation sites (N-methyl/N-ethyl adjacent to an activating group) is 1. The first-order valence-electron chi connectivity index (χ1n) is 8.68. The van der Waals surface area contributed by atoms with E-state index in [0.717, 1.165) is 37.0 Å². The lowest BCUT2D eigenvalue weighted by atomic mass is 10.2. The summed E-state index contributed by atoms with van der Waals surface area (Å²) in [6.45, 7) is 6.93. The molecule has 0 fully saturated rings. The van der Waals surface area contributed by atoms with Gasteiger partial charge >= 0.3 is 0 Å². The number of benzene rings is 1. The molecule has 1 unspecified atom stereocenters. The highest BCUT2D eigenvalue weighted by Gasteiger charge is 2.10. The summed E-state index contributed by atoms with van der Waals surface area (Å²) in [5.41, 5.74) is 1.33. The summed E-state index contributed by atoms with van der Waals surface area (Å²) in [7, 11) is 3.96. The molecule has 2 rings (SSSR count). The first kappa shape index (κ1) is 19.4. The molecule has 2 aromatic rings. The Bertz CT molecular complexity index is 653. The van der Waals surface area contributed by atoms with Crippen LogP contribution in [0, 0.1) is 6.92 Å². The third-order valence-corrected chi connectivity index (χ3v) is 5.09. The van der Waals surface area contributed by atoms with Crippen LogP contribution in [0.2, 0.25) is 0 Å². The van der Waals surface area contributed by atoms with Gasteiger partial charge in [0.05, 0.1) is 5.01 Å². The molecule has 6 heteroatoms. The fourth-order valence-electron chi connectivity index (χ4n) is 2.45. The summed E-state index contributed by atoms with van der Waals surface area (Å²) >= 11 is 1.75. The number of aliphatic imine (C=N–C) groups is 1. The van der Waals surface area contributed by atoms with Gasteiger partial charge in [-0.1, -0.05) is 30.3 Å². The second-order valence-electron chi connectivity index (χ2n) is 6.24. The number of aryl methyl sites for hydroxylation is 1. The molecule has 0 saturated heterocycles. The molecule has 136 valence electrons. The molecule has 5 nitrogen and oxygen atoms in total. The third-order valence-electron chi connectivity index (χ3n) is 4.12. The van der Waals surface area contributed by atoms with Crippen LogP contribution >= 0.6 is 11.3 Å². The zero-order valence-corrected chi connectivity index (χ0v) is 16.4. The molecule has 0 spiro atoms. The van der Waals surface area contributed by atoms with E-state index >= 15 is 0 Å². The summed E-state index contributed by atoms with van der Waals surface area (Å²) in [5.74, 6) is 0.841. The lowest BCUT2D eigenvalue weighted by Crippen LogP contribution is -2.45. The molecule has 1 aromatic heterocycles. The van der Waals surface area contributed by atoms with Gasteiger partial charge in [-0.2, -0.15) is 0 Å². The molecule has 0 radical (unpaired) electrons. The van der Waals surface area contributed by atoms with E-state index in [2.05, 4.69) is 76.7 Å². The molecular weight excluding hydrogens is 330 g/mol. The van der Waals surface area contributed by atoms with Crippen molar-refractivity contribution >= 4 is 17.3 Å². The molecule has 0 aliphatic heterocycles. The number of hydrogen-bond donors (Lipinski definition) is 2. The van der Waals surface area contributed by atoms with Crippen molar-refractivity contribution in [3.63, 3.8) is 0 Å². The zero-order chi connectivity index (χ0) is 18.1. The van der Waals surface area contributed by atoms with Gasteiger partial charge in [0.1, 0.15) is 0 Å². The van der Waals surface area contributed by atoms with Crippen molar-refractivity contribution in [1.82, 2.24) is 20.5 Å². The van der Waals surface area contributed by atoms with E-state index in [0.29, 0.717) is 6.04 Å². The van der Waals surface area contributed by atoms with E-state index in [9.17, 15) is 0 Å². The maximum atomic E-state index is 4.39. The first-order chi connectivity index (χ1) is 12.1. The molecule has 25 heavy (non-hydrogen) atoms. The minimum Gasteiger partial charge on any atom is -0.356 e. The van der Waals surface area contributed by atoms with Gasteiger partial charge in [0, 0.05) is 50.2 Å². The summed E-state index contributed by atoms with van der Waals surface area (Å²) in [6.07, 6.45) is 2.85. The Hall–Kier alpha value is -1.92. The topological polar surface area (TPSA) is 52.6 Å². The standard InChI is InChI=1S/C19H29N5S/c1-15(24(4)14-17-8-6-5-7-9-17)12-23-19(20-3)21-11-10-18-22-13-16(2)25-18/h5-9,13,15H,10-12,14H2,1-4H3,(H2,20,21,23). The monoisotopic (exact) mass is 359 g/mol. The lowest BCUT2D eigenvalue weighted by Gasteiger charge is -2.25. The Balaban J connectivity index is 1.70. The maximum Gasteiger partial charge on any atom is 0.191 e. The molecule has 2 N–H and O–H groups in total. The molecule has 0 bridgehead atoms. The third kappa shape index (κ3) is 6.84. The van der Waals surface area contributed by atoms with Crippen molar-refractivity contribution < 1.29 is 0 Å². The van der Waals surface area contributed by atoms with Crippen LogP contribution in [0.25, 0.3) is 0 Å². The zero-order valence-electron chi connectivity index (χ0n) is 15.6. The van der Waals surface area contributed by atoms with Gasteiger partial charge in [-0.05, 0) is 26.5 Å². The van der Waals surface area contributed by atoms with Crippen LogP contribution in [-0.4, -0.2) is 49.1 Å². The van der Waals surface area contributed by atoms with Crippen LogP contribution in [0.5, 0.6) is 0 Å². The fourth-order valence-corrected chi connectivity index (χ4v) is 3.24. The number of rotatable bonds is 8. The van der Waals surface area contributed by atoms with E-state index in [1.165, 1.54) is 10.4 Å². The van der Waals surface area contributed by atoms with Gasteiger partial charge in [0.25, 0.3) is 0 Å². The predicted octanol–water partition coefficient (Wildman–Crippen LogP) is 2.68. The van der Waals surface area contributed by atoms with Crippen molar-refractivity contribution in [3.8, 4) is 0 Å². The van der Waals surface area contributed by atoms with Crippen molar-refractivity contribution in [2.75, 3.05) is 27.2 Å². The smallest absolute Gasteiger partial charge is 0.191 e. The average Bonchev–Trinajstić information content (AvgIpc) is 3.03. The number of aromatic nitrogens is 1. The fraction of sp³-hybridized carbons (Fsp3) is 0.474. The lowest BCUT2D eigenvalue weighted by molar-refractivity contribution is 0.249. The Morgan fingerprint density at radius 2 is 2.04 bits per heavy atom. The highest BCUT2D eigenvalue weighted by molar-refractivity contribution is 7.11. The summed E-state index contributed by atoms with van der Waals surface area (Å²) < 4.78 is 0. The Kier molecular flexibility index (Phi) is 7.88. The van der Waals surface area contributed by atoms with Gasteiger partial charge < -0.3 is 10.6 Å². The highest BCUT2D eigenvalue weighted by Crippen LogP contribution is 2.10. The van der Waals surface area contributed by atoms with Crippen LogP contribution in [-0.2, 0) is 13.0 Å². The Morgan fingerprint density at radius 1 is 1.28 bits per heavy atom. The van der Waals surface area contributed by atoms with Crippen LogP contribution in [0.15, 0.2) is 41.5 Å². The highest BCUT2D eigenvalue weighted by atomic mass is 32.1. The molecule has 1 atom stereocenters. The van der Waals surface area contributed by atoms with Crippen LogP contribution < -0.4 is 10.6 Å². The van der Waals surface area contributed by atoms with E-state index < -0.39 is 0 Å². The van der Waals surface area contributed by atoms with Gasteiger partial charge in [0.2, 0.25) is 0 Å². The van der Waals surface area contributed by atoms with E-state index in [4.69, 9.17) is 0 Å². The average molecular weight is 360 g/mol. The quantitative estimate of drug-likeness (QED) is 0.562. The molecule has 0 amide bonds. The minimum atomic E-state index is 0.403. The molecule has 0 saturated carbocycles. The first-order valence-corrected chi connectivity index (χ1v) is 9.50. The number of nitrogens with one attached hydrogen (secondary N) is 2. The van der Waals surface area contributed by atoms with E-state index in [1.54, 1.807) is 18.4 Å². The van der Waals surface area contributed by atoms with Crippen LogP contribution in [0.3, 0.4) is 0 Å². The number of nitrogens with zero attached hydrogens (tertiary/aromatic N) is 3. The molecule has 0 aliphatic carbocycles. The summed E-state index contributed by atoms with van der Waals surface area (Å²) in [5, 5.41) is 7.93. The van der Waals surface area contributed by atoms with Crippen molar-refractivity contribution in [1.29, 1.82) is 0 Å². The van der Waals surface area contributed by atoms with Gasteiger partial charge in [0.15, 0.2) is 5.96 Å². The number of guanidine groups is 1. The SMILES string of the molecule is CN=C(NCCc1ncc(C)s1)NCC(C)N(C)Cc1ccccc1. The van der Waals surface area contributed by atoms with Gasteiger partial charge in [-0.3, -0.25) is 9.89 Å². The number of thiazole rings is 1. The van der Waals surface area contributed by atoms with Crippen LogP contribution in [0.4, 0.5) is 0 Å². The molecule has 1 aromatic carbocycles. The maximum absolute atomic E-state index is 4.39. The van der Waals surface area contributed by atoms with E-state index in [-0.39, 0.29) is 0 Å².